The van der Waals surface area contributed by atoms with Crippen LogP contribution in [0.2, 0.25) is 0 Å². The van der Waals surface area contributed by atoms with Crippen molar-refractivity contribution in [3.63, 3.8) is 0 Å². The van der Waals surface area contributed by atoms with Crippen molar-refractivity contribution >= 4 is 11.9 Å². The number of para-hydroxylation sites is 1. The van der Waals surface area contributed by atoms with Crippen LogP contribution in [0.15, 0.2) is 30.3 Å². The van der Waals surface area contributed by atoms with Crippen LogP contribution in [0, 0.1) is 0 Å². The summed E-state index contributed by atoms with van der Waals surface area (Å²) in [6.07, 6.45) is 0. The third-order valence-corrected chi connectivity index (χ3v) is 2.46. The van der Waals surface area contributed by atoms with Crippen LogP contribution in [0.5, 0.6) is 5.75 Å². The molecule has 0 aliphatic rings. The highest BCUT2D eigenvalue weighted by molar-refractivity contribution is 5.86. The van der Waals surface area contributed by atoms with Crippen LogP contribution < -0.4 is 10.1 Å². The SMILES string of the molecule is CC(C)(NC(=O)COCCOc1ccccc1)C(=O)O. The number of rotatable bonds is 8. The van der Waals surface area contributed by atoms with Crippen molar-refractivity contribution in [2.24, 2.45) is 0 Å². The van der Waals surface area contributed by atoms with Crippen molar-refractivity contribution in [3.05, 3.63) is 30.3 Å². The highest BCUT2D eigenvalue weighted by Gasteiger charge is 2.28. The maximum atomic E-state index is 11.5. The number of carboxylic acid groups (broad SMARTS) is 1. The Morgan fingerprint density at radius 3 is 2.45 bits per heavy atom. The van der Waals surface area contributed by atoms with Gasteiger partial charge in [-0.05, 0) is 26.0 Å². The summed E-state index contributed by atoms with van der Waals surface area (Å²) in [7, 11) is 0. The molecule has 1 rings (SSSR count). The number of carbonyl (C=O) groups is 2. The van der Waals surface area contributed by atoms with Gasteiger partial charge in [-0.2, -0.15) is 0 Å². The molecule has 1 aromatic rings. The largest absolute Gasteiger partial charge is 0.491 e. The standard InChI is InChI=1S/C14H19NO5/c1-14(2,13(17)18)15-12(16)10-19-8-9-20-11-6-4-3-5-7-11/h3-7H,8-10H2,1-2H3,(H,15,16)(H,17,18). The van der Waals surface area contributed by atoms with E-state index >= 15 is 0 Å². The van der Waals surface area contributed by atoms with Crippen molar-refractivity contribution in [1.82, 2.24) is 5.32 Å². The molecule has 6 heteroatoms. The molecule has 2 N–H and O–H groups in total. The summed E-state index contributed by atoms with van der Waals surface area (Å²) in [4.78, 5) is 22.3. The summed E-state index contributed by atoms with van der Waals surface area (Å²) in [6, 6.07) is 9.25. The van der Waals surface area contributed by atoms with Gasteiger partial charge in [0.2, 0.25) is 5.91 Å². The number of carboxylic acids is 1. The van der Waals surface area contributed by atoms with Gasteiger partial charge in [-0.15, -0.1) is 0 Å². The Labute approximate surface area is 117 Å². The van der Waals surface area contributed by atoms with E-state index in [9.17, 15) is 9.59 Å². The average molecular weight is 281 g/mol. The fourth-order valence-electron chi connectivity index (χ4n) is 1.34. The topological polar surface area (TPSA) is 84.9 Å². The Morgan fingerprint density at radius 1 is 1.20 bits per heavy atom. The van der Waals surface area contributed by atoms with E-state index in [0.717, 1.165) is 5.75 Å². The molecule has 0 heterocycles. The van der Waals surface area contributed by atoms with E-state index in [1.54, 1.807) is 0 Å². The number of benzene rings is 1. The zero-order valence-corrected chi connectivity index (χ0v) is 11.6. The molecular weight excluding hydrogens is 262 g/mol. The highest BCUT2D eigenvalue weighted by atomic mass is 16.5. The first-order chi connectivity index (χ1) is 9.42. The van der Waals surface area contributed by atoms with E-state index in [2.05, 4.69) is 5.32 Å². The number of amides is 1. The Kier molecular flexibility index (Phi) is 5.99. The minimum absolute atomic E-state index is 0.200. The van der Waals surface area contributed by atoms with Crippen molar-refractivity contribution in [2.45, 2.75) is 19.4 Å². The fraction of sp³-hybridized carbons (Fsp3) is 0.429. The number of ether oxygens (including phenoxy) is 2. The molecule has 0 aliphatic carbocycles. The summed E-state index contributed by atoms with van der Waals surface area (Å²) in [5.74, 6) is -0.845. The maximum Gasteiger partial charge on any atom is 0.328 e. The lowest BCUT2D eigenvalue weighted by Gasteiger charge is -2.20. The van der Waals surface area contributed by atoms with E-state index in [1.807, 2.05) is 30.3 Å². The molecule has 0 atom stereocenters. The van der Waals surface area contributed by atoms with Crippen molar-refractivity contribution in [2.75, 3.05) is 19.8 Å². The predicted molar refractivity (Wildman–Crippen MR) is 72.6 cm³/mol. The Morgan fingerprint density at radius 2 is 1.85 bits per heavy atom. The molecule has 0 saturated carbocycles. The second-order valence-corrected chi connectivity index (χ2v) is 4.69. The van der Waals surface area contributed by atoms with Crippen LogP contribution in [-0.2, 0) is 14.3 Å². The lowest BCUT2D eigenvalue weighted by molar-refractivity contribution is -0.146. The first-order valence-corrected chi connectivity index (χ1v) is 6.22. The van der Waals surface area contributed by atoms with Crippen LogP contribution >= 0.6 is 0 Å². The van der Waals surface area contributed by atoms with E-state index in [-0.39, 0.29) is 13.2 Å². The van der Waals surface area contributed by atoms with Gasteiger partial charge in [0.1, 0.15) is 24.5 Å². The molecule has 110 valence electrons. The van der Waals surface area contributed by atoms with Gasteiger partial charge in [0.05, 0.1) is 6.61 Å². The van der Waals surface area contributed by atoms with Crippen LogP contribution in [-0.4, -0.2) is 42.3 Å². The molecule has 0 aliphatic heterocycles. The normalized spacial score (nSPS) is 10.9. The maximum absolute atomic E-state index is 11.5. The molecule has 0 saturated heterocycles. The average Bonchev–Trinajstić information content (AvgIpc) is 2.38. The summed E-state index contributed by atoms with van der Waals surface area (Å²) in [5.41, 5.74) is -1.30. The number of nitrogens with one attached hydrogen (secondary N) is 1. The predicted octanol–water partition coefficient (Wildman–Crippen LogP) is 1.06. The van der Waals surface area contributed by atoms with Gasteiger partial charge in [-0.25, -0.2) is 4.79 Å². The Hall–Kier alpha value is -2.08. The first-order valence-electron chi connectivity index (χ1n) is 6.22. The molecular formula is C14H19NO5. The monoisotopic (exact) mass is 281 g/mol. The molecule has 0 fully saturated rings. The summed E-state index contributed by atoms with van der Waals surface area (Å²) >= 11 is 0. The minimum Gasteiger partial charge on any atom is -0.491 e. The van der Waals surface area contributed by atoms with Crippen LogP contribution in [0.25, 0.3) is 0 Å². The first kappa shape index (κ1) is 16.0. The van der Waals surface area contributed by atoms with Gasteiger partial charge < -0.3 is 19.9 Å². The fourth-order valence-corrected chi connectivity index (χ4v) is 1.34. The number of aliphatic carboxylic acids is 1. The molecule has 1 amide bonds. The van der Waals surface area contributed by atoms with Gasteiger partial charge in [-0.1, -0.05) is 18.2 Å². The molecule has 6 nitrogen and oxygen atoms in total. The van der Waals surface area contributed by atoms with Gasteiger partial charge in [0, 0.05) is 0 Å². The van der Waals surface area contributed by atoms with Gasteiger partial charge in [0.15, 0.2) is 0 Å². The van der Waals surface area contributed by atoms with Gasteiger partial charge >= 0.3 is 5.97 Å². The third-order valence-electron chi connectivity index (χ3n) is 2.46. The highest BCUT2D eigenvalue weighted by Crippen LogP contribution is 2.07. The summed E-state index contributed by atoms with van der Waals surface area (Å²) < 4.78 is 10.5. The molecule has 1 aromatic carbocycles. The van der Waals surface area contributed by atoms with Crippen LogP contribution in [0.3, 0.4) is 0 Å². The quantitative estimate of drug-likeness (QED) is 0.696. The van der Waals surface area contributed by atoms with Crippen molar-refractivity contribution < 1.29 is 24.2 Å². The third kappa shape index (κ3) is 5.71. The van der Waals surface area contributed by atoms with E-state index < -0.39 is 17.4 Å². The van der Waals surface area contributed by atoms with E-state index in [1.165, 1.54) is 13.8 Å². The minimum atomic E-state index is -1.30. The Bertz CT molecular complexity index is 444. The number of hydrogen-bond donors (Lipinski definition) is 2. The molecule has 0 unspecified atom stereocenters. The van der Waals surface area contributed by atoms with E-state index in [4.69, 9.17) is 14.6 Å². The van der Waals surface area contributed by atoms with Gasteiger partial charge in [0.25, 0.3) is 0 Å². The smallest absolute Gasteiger partial charge is 0.328 e. The molecule has 20 heavy (non-hydrogen) atoms. The lowest BCUT2D eigenvalue weighted by Crippen LogP contribution is -2.50. The van der Waals surface area contributed by atoms with Crippen molar-refractivity contribution in [1.29, 1.82) is 0 Å². The second kappa shape index (κ2) is 7.49. The van der Waals surface area contributed by atoms with Crippen LogP contribution in [0.4, 0.5) is 0 Å². The van der Waals surface area contributed by atoms with Crippen LogP contribution in [0.1, 0.15) is 13.8 Å². The van der Waals surface area contributed by atoms with E-state index in [0.29, 0.717) is 6.61 Å². The molecule has 0 spiro atoms. The van der Waals surface area contributed by atoms with Crippen molar-refractivity contribution in [3.8, 4) is 5.75 Å². The Balaban J connectivity index is 2.15. The lowest BCUT2D eigenvalue weighted by atomic mass is 10.1. The number of carbonyl (C=O) groups excluding carboxylic acids is 1. The van der Waals surface area contributed by atoms with Gasteiger partial charge in [-0.3, -0.25) is 4.79 Å². The summed E-state index contributed by atoms with van der Waals surface area (Å²) in [5, 5.41) is 11.2. The summed E-state index contributed by atoms with van der Waals surface area (Å²) in [6.45, 7) is 3.18. The second-order valence-electron chi connectivity index (χ2n) is 4.69. The zero-order valence-electron chi connectivity index (χ0n) is 11.6. The number of hydrogen-bond acceptors (Lipinski definition) is 4. The molecule has 0 aromatic heterocycles. The molecule has 0 bridgehead atoms. The zero-order chi connectivity index (χ0) is 15.0. The molecule has 0 radical (unpaired) electrons.